The van der Waals surface area contributed by atoms with Gasteiger partial charge in [-0.25, -0.2) is 35.1 Å². The highest BCUT2D eigenvalue weighted by molar-refractivity contribution is 6.12. The number of nitriles is 3. The minimum atomic E-state index is -6.16. The minimum absolute atomic E-state index is 0.207. The Balaban J connectivity index is 2.35. The molecule has 0 saturated heterocycles. The van der Waals surface area contributed by atoms with Gasteiger partial charge in [-0.3, -0.25) is 0 Å². The third kappa shape index (κ3) is 6.06. The van der Waals surface area contributed by atoms with E-state index in [-0.39, 0.29) is 6.07 Å². The summed E-state index contributed by atoms with van der Waals surface area (Å²) in [6.07, 6.45) is -12.7. The van der Waals surface area contributed by atoms with Crippen LogP contribution in [0.3, 0.4) is 0 Å². The molecule has 3 aromatic carbocycles. The standard InChI is InChI=1S/C32H4F17N3/c1-2-9-3-4-10(14(5-9)30(41,42)43)11(6-50)15-16(12(7-51)18-22(33)26(37)20(31(44,45)46)27(38)23(18)34)17(15)13(8-52)19-24(35)28(39)21(32(47,48)49)29(40)25(19)36/h1,3-5H. The van der Waals surface area contributed by atoms with Gasteiger partial charge in [-0.05, 0) is 12.1 Å². The summed E-state index contributed by atoms with van der Waals surface area (Å²) in [5, 5.41) is 29.5. The van der Waals surface area contributed by atoms with Gasteiger partial charge in [0.1, 0.15) is 29.3 Å². The largest absolute Gasteiger partial charge is 0.422 e. The molecule has 0 atom stereocenters. The van der Waals surface area contributed by atoms with E-state index in [0.717, 1.165) is 18.2 Å². The highest BCUT2D eigenvalue weighted by Gasteiger charge is 2.49. The molecule has 52 heavy (non-hydrogen) atoms. The number of rotatable bonds is 3. The first kappa shape index (κ1) is 38.5. The Morgan fingerprint density at radius 3 is 1.08 bits per heavy atom. The van der Waals surface area contributed by atoms with Crippen LogP contribution in [0, 0.1) is 92.9 Å². The highest BCUT2D eigenvalue weighted by atomic mass is 19.4. The Bertz CT molecular complexity index is 2200. The van der Waals surface area contributed by atoms with E-state index in [1.54, 1.807) is 5.92 Å². The van der Waals surface area contributed by atoms with Crippen molar-refractivity contribution in [2.45, 2.75) is 18.5 Å². The SMILES string of the molecule is C#Cc1ccc(C(C#N)=C2C(=C(C#N)c3c(F)c(F)c(C(F)(F)F)c(F)c3F)C2=C(C#N)c2c(F)c(F)c(C(F)(F)F)c(F)c2F)c(C(F)(F)F)c1. The molecule has 266 valence electrons. The first-order valence-electron chi connectivity index (χ1n) is 12.9. The molecule has 0 aliphatic heterocycles. The van der Waals surface area contributed by atoms with Gasteiger partial charge in [-0.1, -0.05) is 12.0 Å². The van der Waals surface area contributed by atoms with Crippen LogP contribution in [0.4, 0.5) is 74.6 Å². The van der Waals surface area contributed by atoms with Crippen LogP contribution in [-0.2, 0) is 18.5 Å². The molecule has 1 fully saturated rings. The molecule has 0 amide bonds. The second-order valence-electron chi connectivity index (χ2n) is 10.00. The zero-order chi connectivity index (χ0) is 39.6. The van der Waals surface area contributed by atoms with Crippen molar-refractivity contribution in [2.24, 2.45) is 0 Å². The van der Waals surface area contributed by atoms with Crippen LogP contribution >= 0.6 is 0 Å². The molecule has 1 aliphatic carbocycles. The van der Waals surface area contributed by atoms with E-state index >= 15 is 17.6 Å². The highest BCUT2D eigenvalue weighted by Crippen LogP contribution is 2.58. The summed E-state index contributed by atoms with van der Waals surface area (Å²) in [4.78, 5) is 0. The molecular formula is C32H4F17N3. The van der Waals surface area contributed by atoms with Gasteiger partial charge in [0.2, 0.25) is 0 Å². The summed E-state index contributed by atoms with van der Waals surface area (Å²) in [6.45, 7) is 0. The second-order valence-corrected chi connectivity index (χ2v) is 10.00. The normalized spacial score (nSPS) is 15.0. The minimum Gasteiger partial charge on any atom is -0.203 e. The van der Waals surface area contributed by atoms with Crippen molar-refractivity contribution in [2.75, 3.05) is 0 Å². The number of terminal acetylenes is 1. The van der Waals surface area contributed by atoms with Crippen LogP contribution in [0.5, 0.6) is 0 Å². The lowest BCUT2D eigenvalue weighted by atomic mass is 9.95. The number of halogens is 17. The summed E-state index contributed by atoms with van der Waals surface area (Å²) in [7, 11) is 0. The van der Waals surface area contributed by atoms with E-state index in [0.29, 0.717) is 12.1 Å². The summed E-state index contributed by atoms with van der Waals surface area (Å²) >= 11 is 0. The van der Waals surface area contributed by atoms with Crippen molar-refractivity contribution in [3.8, 4) is 30.6 Å². The van der Waals surface area contributed by atoms with E-state index in [4.69, 9.17) is 6.42 Å². The summed E-state index contributed by atoms with van der Waals surface area (Å²) < 4.78 is 240. The van der Waals surface area contributed by atoms with Crippen molar-refractivity contribution in [3.05, 3.63) is 120 Å². The molecule has 1 saturated carbocycles. The smallest absolute Gasteiger partial charge is 0.203 e. The predicted octanol–water partition coefficient (Wildman–Crippen LogP) is 10.1. The van der Waals surface area contributed by atoms with Gasteiger partial charge in [-0.15, -0.1) is 6.42 Å². The molecule has 0 radical (unpaired) electrons. The number of nitrogens with zero attached hydrogens (tertiary/aromatic N) is 3. The lowest BCUT2D eigenvalue weighted by Gasteiger charge is -2.14. The number of hydrogen-bond donors (Lipinski definition) is 0. The summed E-state index contributed by atoms with van der Waals surface area (Å²) in [5.41, 5.74) is -25.0. The quantitative estimate of drug-likeness (QED) is 0.116. The average Bonchev–Trinajstić information content (AvgIpc) is 3.75. The molecule has 1 aliphatic rings. The Labute approximate surface area is 277 Å². The van der Waals surface area contributed by atoms with Gasteiger partial charge in [0.15, 0.2) is 46.5 Å². The maximum Gasteiger partial charge on any atom is 0.422 e. The zero-order valence-corrected chi connectivity index (χ0v) is 24.1. The molecule has 4 rings (SSSR count). The van der Waals surface area contributed by atoms with E-state index in [1.165, 1.54) is 0 Å². The van der Waals surface area contributed by atoms with Gasteiger partial charge >= 0.3 is 18.5 Å². The Kier molecular flexibility index (Phi) is 9.48. The Morgan fingerprint density at radius 1 is 0.481 bits per heavy atom. The first-order valence-corrected chi connectivity index (χ1v) is 12.9. The molecule has 3 aromatic rings. The van der Waals surface area contributed by atoms with Crippen LogP contribution in [0.2, 0.25) is 0 Å². The second kappa shape index (κ2) is 12.8. The van der Waals surface area contributed by atoms with E-state index < -0.39 is 137 Å². The third-order valence-electron chi connectivity index (χ3n) is 7.13. The molecule has 0 N–H and O–H groups in total. The monoisotopic (exact) mass is 753 g/mol. The van der Waals surface area contributed by atoms with Crippen LogP contribution in [-0.4, -0.2) is 0 Å². The number of benzene rings is 3. The van der Waals surface area contributed by atoms with Crippen LogP contribution in [0.1, 0.15) is 38.9 Å². The lowest BCUT2D eigenvalue weighted by Crippen LogP contribution is -2.17. The van der Waals surface area contributed by atoms with Crippen molar-refractivity contribution >= 4 is 16.7 Å². The topological polar surface area (TPSA) is 71.4 Å². The fourth-order valence-electron chi connectivity index (χ4n) is 4.95. The number of alkyl halides is 9. The van der Waals surface area contributed by atoms with Crippen LogP contribution in [0.15, 0.2) is 34.9 Å². The molecule has 0 spiro atoms. The van der Waals surface area contributed by atoms with Gasteiger partial charge in [0.05, 0.1) is 33.4 Å². The van der Waals surface area contributed by atoms with Crippen LogP contribution < -0.4 is 0 Å². The van der Waals surface area contributed by atoms with Gasteiger partial charge in [0, 0.05) is 27.8 Å². The van der Waals surface area contributed by atoms with Gasteiger partial charge < -0.3 is 0 Å². The molecule has 0 bridgehead atoms. The molecule has 20 heteroatoms. The molecule has 0 unspecified atom stereocenters. The first-order chi connectivity index (χ1) is 23.9. The summed E-state index contributed by atoms with van der Waals surface area (Å²) in [5.74, 6) is -23.2. The van der Waals surface area contributed by atoms with Gasteiger partial charge in [0.25, 0.3) is 0 Å². The predicted molar refractivity (Wildman–Crippen MR) is 140 cm³/mol. The van der Waals surface area contributed by atoms with Crippen molar-refractivity contribution < 1.29 is 74.6 Å². The third-order valence-corrected chi connectivity index (χ3v) is 7.13. The van der Waals surface area contributed by atoms with Crippen LogP contribution in [0.25, 0.3) is 16.7 Å². The molecule has 0 heterocycles. The number of allylic oxidation sites excluding steroid dienone is 6. The fraction of sp³-hybridized carbons (Fsp3) is 0.0938. The van der Waals surface area contributed by atoms with E-state index in [2.05, 4.69) is 0 Å². The molecule has 3 nitrogen and oxygen atoms in total. The molecular weight excluding hydrogens is 749 g/mol. The fourth-order valence-corrected chi connectivity index (χ4v) is 4.95. The molecule has 0 aromatic heterocycles. The van der Waals surface area contributed by atoms with Gasteiger partial charge in [-0.2, -0.15) is 55.3 Å². The Morgan fingerprint density at radius 2 is 0.808 bits per heavy atom. The Hall–Kier alpha value is -6.28. The lowest BCUT2D eigenvalue weighted by molar-refractivity contribution is -0.144. The van der Waals surface area contributed by atoms with Crippen molar-refractivity contribution in [3.63, 3.8) is 0 Å². The average molecular weight is 753 g/mol. The maximum absolute atomic E-state index is 15.1. The number of hydrogen-bond acceptors (Lipinski definition) is 3. The summed E-state index contributed by atoms with van der Waals surface area (Å²) in [6, 6.07) is 4.04. The zero-order valence-electron chi connectivity index (χ0n) is 24.1. The van der Waals surface area contributed by atoms with E-state index in [9.17, 15) is 72.9 Å². The van der Waals surface area contributed by atoms with E-state index in [1.807, 2.05) is 0 Å². The maximum atomic E-state index is 15.1. The van der Waals surface area contributed by atoms with Crippen molar-refractivity contribution in [1.29, 1.82) is 15.8 Å². The van der Waals surface area contributed by atoms with Crippen molar-refractivity contribution in [1.82, 2.24) is 0 Å².